The van der Waals surface area contributed by atoms with Gasteiger partial charge in [-0.2, -0.15) is 16.8 Å². The molecule has 0 radical (unpaired) electrons. The summed E-state index contributed by atoms with van der Waals surface area (Å²) in [6.07, 6.45) is 10.2. The largest absolute Gasteiger partial charge is 0.496 e. The fourth-order valence-electron chi connectivity index (χ4n) is 5.12. The predicted octanol–water partition coefficient (Wildman–Crippen LogP) is 3.80. The number of nitrogens with one attached hydrogen (secondary N) is 1. The van der Waals surface area contributed by atoms with Crippen molar-refractivity contribution in [2.45, 2.75) is 74.0 Å². The molecule has 2 aromatic rings. The van der Waals surface area contributed by atoms with Crippen LogP contribution in [0.25, 0.3) is 0 Å². The number of hydrogen-bond donors (Lipinski definition) is 3. The number of ether oxygens (including phenoxy) is 2. The van der Waals surface area contributed by atoms with Crippen LogP contribution in [0.3, 0.4) is 0 Å². The van der Waals surface area contributed by atoms with Gasteiger partial charge >= 0.3 is 0 Å². The topological polar surface area (TPSA) is 152 Å². The molecule has 37 heavy (non-hydrogen) atoms. The summed E-state index contributed by atoms with van der Waals surface area (Å²) in [6.45, 7) is 3.36. The Morgan fingerprint density at radius 1 is 1.14 bits per heavy atom. The molecule has 0 aromatic carbocycles. The summed E-state index contributed by atoms with van der Waals surface area (Å²) in [5.74, 6) is 0.989. The van der Waals surface area contributed by atoms with Gasteiger partial charge in [-0.1, -0.05) is 18.9 Å². The first-order chi connectivity index (χ1) is 17.4. The van der Waals surface area contributed by atoms with Crippen LogP contribution in [0.5, 0.6) is 5.75 Å². The molecule has 2 aliphatic rings. The van der Waals surface area contributed by atoms with Gasteiger partial charge in [-0.25, -0.2) is 0 Å². The molecule has 4 rings (SSSR count). The van der Waals surface area contributed by atoms with E-state index in [9.17, 15) is 16.8 Å². The summed E-state index contributed by atoms with van der Waals surface area (Å²) in [7, 11) is -7.66. The van der Waals surface area contributed by atoms with Crippen molar-refractivity contribution in [1.82, 2.24) is 10.3 Å². The summed E-state index contributed by atoms with van der Waals surface area (Å²) in [6, 6.07) is 8.41. The van der Waals surface area contributed by atoms with E-state index in [1.165, 1.54) is 36.3 Å². The van der Waals surface area contributed by atoms with Crippen molar-refractivity contribution in [3.63, 3.8) is 0 Å². The van der Waals surface area contributed by atoms with Gasteiger partial charge in [0.15, 0.2) is 0 Å². The van der Waals surface area contributed by atoms with Gasteiger partial charge in [-0.15, -0.1) is 11.3 Å². The van der Waals surface area contributed by atoms with E-state index in [2.05, 4.69) is 22.8 Å². The van der Waals surface area contributed by atoms with Crippen molar-refractivity contribution >= 4 is 31.6 Å². The fourth-order valence-corrected chi connectivity index (χ4v) is 7.16. The zero-order valence-electron chi connectivity index (χ0n) is 21.1. The summed E-state index contributed by atoms with van der Waals surface area (Å²) < 4.78 is 65.7. The van der Waals surface area contributed by atoms with Crippen molar-refractivity contribution in [3.8, 4) is 5.75 Å². The molecule has 1 aliphatic carbocycles. The number of thiophene rings is 1. The Hall–Kier alpha value is -1.61. The van der Waals surface area contributed by atoms with E-state index >= 15 is 0 Å². The lowest BCUT2D eigenvalue weighted by Crippen LogP contribution is -2.47. The minimum atomic E-state index is -4.70. The van der Waals surface area contributed by atoms with Gasteiger partial charge in [-0.05, 0) is 69.2 Å². The van der Waals surface area contributed by atoms with Crippen LogP contribution in [0, 0.1) is 0 Å². The first kappa shape index (κ1) is 29.9. The third-order valence-electron chi connectivity index (χ3n) is 7.20. The smallest absolute Gasteiger partial charge is 0.284 e. The molecule has 1 aliphatic heterocycles. The molecule has 1 spiro atoms. The maximum atomic E-state index is 9.99. The predicted molar refractivity (Wildman–Crippen MR) is 142 cm³/mol. The molecule has 1 saturated heterocycles. The highest BCUT2D eigenvalue weighted by molar-refractivity contribution is 8.03. The first-order valence-electron chi connectivity index (χ1n) is 12.2. The molecule has 10 nitrogen and oxygen atoms in total. The highest BCUT2D eigenvalue weighted by Gasteiger charge is 2.48. The molecule has 3 N–H and O–H groups in total. The molecule has 2 aromatic heterocycles. The standard InChI is InChI=1S/C22H30N2O2S.C2H6O6S2/c1-25-18-7-15-27-19(18)16-23-13-10-21(20-6-2-5-12-24-20)11-14-26-22(17-21)8-3-4-9-22;1-2(9(3,4)5)10(6,7)8/h2,5-7,12,15,23H,3-4,8-11,13-14,16-17H2,1H3;2H,1H3,(H,3,4,5)(H,6,7,8)/t21-;/m1./s1. The Morgan fingerprint density at radius 3 is 2.41 bits per heavy atom. The molecule has 0 bridgehead atoms. The minimum absolute atomic E-state index is 0.0900. The van der Waals surface area contributed by atoms with Crippen LogP contribution in [0.4, 0.5) is 0 Å². The molecule has 13 heteroatoms. The zero-order chi connectivity index (χ0) is 27.2. The average Bonchev–Trinajstić information content (AvgIpc) is 3.50. The summed E-state index contributed by atoms with van der Waals surface area (Å²) in [4.78, 5) is 6.05. The van der Waals surface area contributed by atoms with Crippen LogP contribution in [-0.2, 0) is 36.9 Å². The van der Waals surface area contributed by atoms with Crippen LogP contribution in [0.2, 0.25) is 0 Å². The number of rotatable bonds is 9. The Kier molecular flexibility index (Phi) is 10.1. The molecular formula is C24H36N2O8S3. The van der Waals surface area contributed by atoms with E-state index in [4.69, 9.17) is 23.6 Å². The fraction of sp³-hybridized carbons (Fsp3) is 0.625. The van der Waals surface area contributed by atoms with Crippen molar-refractivity contribution < 1.29 is 35.4 Å². The SMILES string of the molecule is CC(S(=O)(=O)O)S(=O)(=O)O.COc1ccsc1CNCC[C@@]1(c2ccccn2)CCOC2(CCCC2)C1. The van der Waals surface area contributed by atoms with E-state index in [1.807, 2.05) is 18.3 Å². The second-order valence-electron chi connectivity index (χ2n) is 9.60. The number of nitrogens with zero attached hydrogens (tertiary/aromatic N) is 1. The molecule has 3 heterocycles. The third kappa shape index (κ3) is 7.94. The number of aromatic nitrogens is 1. The Labute approximate surface area is 223 Å². The van der Waals surface area contributed by atoms with E-state index in [-0.39, 0.29) is 11.0 Å². The van der Waals surface area contributed by atoms with E-state index < -0.39 is 24.8 Å². The molecular weight excluding hydrogens is 540 g/mol. The molecule has 1 atom stereocenters. The lowest BCUT2D eigenvalue weighted by molar-refractivity contribution is -0.104. The third-order valence-corrected chi connectivity index (χ3v) is 11.2. The first-order valence-corrected chi connectivity index (χ1v) is 16.1. The van der Waals surface area contributed by atoms with Gasteiger partial charge in [0.25, 0.3) is 20.2 Å². The van der Waals surface area contributed by atoms with E-state index in [0.717, 1.165) is 44.7 Å². The maximum absolute atomic E-state index is 9.99. The molecule has 0 unspecified atom stereocenters. The minimum Gasteiger partial charge on any atom is -0.496 e. The zero-order valence-corrected chi connectivity index (χ0v) is 23.6. The Balaban J connectivity index is 0.000000325. The van der Waals surface area contributed by atoms with E-state index in [1.54, 1.807) is 18.4 Å². The van der Waals surface area contributed by atoms with Crippen molar-refractivity contribution in [2.24, 2.45) is 0 Å². The van der Waals surface area contributed by atoms with Gasteiger partial charge in [-0.3, -0.25) is 14.1 Å². The number of pyridine rings is 1. The second kappa shape index (κ2) is 12.5. The molecule has 1 saturated carbocycles. The van der Waals surface area contributed by atoms with Gasteiger partial charge in [0.2, 0.25) is 4.58 Å². The van der Waals surface area contributed by atoms with Crippen LogP contribution in [0.1, 0.15) is 62.4 Å². The summed E-state index contributed by atoms with van der Waals surface area (Å²) in [5.41, 5.74) is 1.46. The second-order valence-corrected chi connectivity index (χ2v) is 14.4. The van der Waals surface area contributed by atoms with Crippen LogP contribution in [-0.4, -0.2) is 61.4 Å². The normalized spacial score (nSPS) is 21.5. The Morgan fingerprint density at radius 2 is 1.84 bits per heavy atom. The van der Waals surface area contributed by atoms with Crippen molar-refractivity contribution in [3.05, 3.63) is 46.4 Å². The maximum Gasteiger partial charge on any atom is 0.284 e. The quantitative estimate of drug-likeness (QED) is 0.297. The van der Waals surface area contributed by atoms with Crippen molar-refractivity contribution in [1.29, 1.82) is 0 Å². The van der Waals surface area contributed by atoms with Gasteiger partial charge in [0.1, 0.15) is 5.75 Å². The number of hydrogen-bond acceptors (Lipinski definition) is 9. The highest BCUT2D eigenvalue weighted by atomic mass is 32.3. The monoisotopic (exact) mass is 576 g/mol. The summed E-state index contributed by atoms with van der Waals surface area (Å²) >= 11 is 1.75. The lowest BCUT2D eigenvalue weighted by atomic mass is 9.68. The van der Waals surface area contributed by atoms with Crippen LogP contribution >= 0.6 is 11.3 Å². The van der Waals surface area contributed by atoms with E-state index in [0.29, 0.717) is 6.92 Å². The number of methoxy groups -OCH3 is 1. The lowest BCUT2D eigenvalue weighted by Gasteiger charge is -2.46. The molecule has 0 amide bonds. The average molecular weight is 577 g/mol. The molecule has 208 valence electrons. The van der Waals surface area contributed by atoms with Crippen LogP contribution in [0.15, 0.2) is 35.8 Å². The summed E-state index contributed by atoms with van der Waals surface area (Å²) in [5, 5.41) is 5.74. The molecule has 2 fully saturated rings. The highest BCUT2D eigenvalue weighted by Crippen LogP contribution is 2.49. The Bertz CT molecular complexity index is 1180. The van der Waals surface area contributed by atoms with Gasteiger partial charge in [0.05, 0.1) is 17.6 Å². The van der Waals surface area contributed by atoms with Gasteiger partial charge in [0, 0.05) is 30.5 Å². The van der Waals surface area contributed by atoms with Crippen LogP contribution < -0.4 is 10.1 Å². The van der Waals surface area contributed by atoms with Crippen molar-refractivity contribution in [2.75, 3.05) is 20.3 Å². The van der Waals surface area contributed by atoms with Gasteiger partial charge < -0.3 is 14.8 Å².